The zero-order valence-corrected chi connectivity index (χ0v) is 37.0. The van der Waals surface area contributed by atoms with Crippen LogP contribution < -0.4 is 142 Å². The van der Waals surface area contributed by atoms with Crippen molar-refractivity contribution in [3.63, 3.8) is 0 Å². The average molecular weight is 799 g/mol. The Morgan fingerprint density at radius 2 is 0.814 bits per heavy atom. The topological polar surface area (TPSA) is 465 Å². The first kappa shape index (κ1) is 80.5. The predicted octanol–water partition coefficient (Wildman–Crippen LogP) is -19.0. The van der Waals surface area contributed by atoms with E-state index in [0.717, 1.165) is 0 Å². The number of hydrogen-bond donors (Lipinski definition) is 7. The Hall–Kier alpha value is 2.84. The van der Waals surface area contributed by atoms with Gasteiger partial charge < -0.3 is 48.6 Å². The average Bonchev–Trinajstić information content (AvgIpc) is 2.60. The van der Waals surface area contributed by atoms with E-state index in [2.05, 4.69) is 0 Å². The molecule has 0 rings (SSSR count). The monoisotopic (exact) mass is 798 g/mol. The zero-order chi connectivity index (χ0) is 32.6. The first-order valence-electron chi connectivity index (χ1n) is 8.57. The van der Waals surface area contributed by atoms with Crippen molar-refractivity contribution >= 4 is 62.7 Å². The molecule has 0 bridgehead atoms. The minimum absolute atomic E-state index is 0. The SMILES string of the molecule is CCO.N.NCCS(=O)(=O)O.NCCS(=O)(=O)[O-].NCCS(=O)(=O)[O-].O=S(=O)([O-])CCO.O=S(=O)=O.O=S=O.[H-].[Na+].[Na+].[Na+].[Na+]. The van der Waals surface area contributed by atoms with Gasteiger partial charge >= 0.3 is 140 Å². The maximum atomic E-state index is 9.71. The van der Waals surface area contributed by atoms with Crippen LogP contribution in [-0.2, 0) is 62.7 Å². The predicted molar refractivity (Wildman–Crippen MR) is 132 cm³/mol. The van der Waals surface area contributed by atoms with Gasteiger partial charge in [0.05, 0.1) is 60.0 Å². The fraction of sp³-hybridized carbons (Fsp3) is 1.00. The van der Waals surface area contributed by atoms with E-state index in [1.54, 1.807) is 6.92 Å². The van der Waals surface area contributed by atoms with E-state index in [4.69, 9.17) is 53.0 Å². The van der Waals surface area contributed by atoms with Crippen molar-refractivity contribution in [1.29, 1.82) is 0 Å². The standard InChI is InChI=1S/3C2H7NO3S.C2H6O4S.C2H6O.H3N.4Na.O3S.O2S.H/c4*3-1-2-7(4,5)6;1-2-3;;;;;;1-4(2)3;1-3-2;/h3*1-3H2,(H,4,5,6);3H,1-2H2,(H,4,5,6);3H,2H2,1H3;1H3;;;;;;;/q;;;;;;4*+1;;;-1/p-3. The molecule has 0 aromatic rings. The minimum Gasteiger partial charge on any atom is -1.00 e. The first-order chi connectivity index (χ1) is 16.8. The third kappa shape index (κ3) is 232. The molecule has 12 N–H and O–H groups in total. The van der Waals surface area contributed by atoms with Crippen LogP contribution in [0.2, 0.25) is 0 Å². The molecule has 0 saturated heterocycles. The summed E-state index contributed by atoms with van der Waals surface area (Å²) in [4.78, 5) is 0. The minimum atomic E-state index is -4.17. The molecule has 23 nitrogen and oxygen atoms in total. The second-order valence-corrected chi connectivity index (χ2v) is 11.4. The van der Waals surface area contributed by atoms with Crippen LogP contribution in [0.1, 0.15) is 8.35 Å². The van der Waals surface area contributed by atoms with E-state index in [1.165, 1.54) is 0 Å². The van der Waals surface area contributed by atoms with Gasteiger partial charge in [0, 0.05) is 26.2 Å². The molecule has 0 aliphatic carbocycles. The van der Waals surface area contributed by atoms with Crippen molar-refractivity contribution < 1.29 is 203 Å². The zero-order valence-electron chi connectivity index (χ0n) is 25.1. The van der Waals surface area contributed by atoms with Crippen molar-refractivity contribution in [3.05, 3.63) is 0 Å². The third-order valence-electron chi connectivity index (χ3n) is 1.45. The van der Waals surface area contributed by atoms with Crippen LogP contribution in [0.5, 0.6) is 0 Å². The fourth-order valence-electron chi connectivity index (χ4n) is 0.549. The number of hydrogen-bond acceptors (Lipinski definition) is 22. The molecule has 0 spiro atoms. The summed E-state index contributed by atoms with van der Waals surface area (Å²) in [5, 5.41) is 15.4. The van der Waals surface area contributed by atoms with Gasteiger partial charge in [-0.2, -0.15) is 16.8 Å². The largest absolute Gasteiger partial charge is 1.00 e. The molecule has 248 valence electrons. The van der Waals surface area contributed by atoms with Gasteiger partial charge in [0.25, 0.3) is 10.1 Å². The van der Waals surface area contributed by atoms with Crippen molar-refractivity contribution in [1.82, 2.24) is 6.15 Å². The van der Waals surface area contributed by atoms with Crippen LogP contribution >= 0.6 is 0 Å². The molecule has 0 aliphatic rings. The van der Waals surface area contributed by atoms with E-state index >= 15 is 0 Å². The van der Waals surface area contributed by atoms with Crippen molar-refractivity contribution in [2.75, 3.05) is 55.9 Å². The Morgan fingerprint density at radius 1 is 0.651 bits per heavy atom. The van der Waals surface area contributed by atoms with E-state index < -0.39 is 86.5 Å². The molecule has 0 atom stereocenters. The second-order valence-electron chi connectivity index (χ2n) is 4.75. The van der Waals surface area contributed by atoms with E-state index in [1.807, 2.05) is 0 Å². The van der Waals surface area contributed by atoms with E-state index in [-0.39, 0.29) is 158 Å². The summed E-state index contributed by atoms with van der Waals surface area (Å²) in [5.41, 5.74) is 14.2. The first-order valence-corrected chi connectivity index (χ1v) is 16.6. The molecule has 0 radical (unpaired) electrons. The molecule has 0 amide bonds. The number of aliphatic hydroxyl groups excluding tert-OH is 2. The summed E-state index contributed by atoms with van der Waals surface area (Å²) < 4.78 is 155. The van der Waals surface area contributed by atoms with Crippen molar-refractivity contribution in [2.45, 2.75) is 6.92 Å². The summed E-state index contributed by atoms with van der Waals surface area (Å²) in [6, 6.07) is 0. The second kappa shape index (κ2) is 54.3. The molecule has 0 aliphatic heterocycles. The smallest absolute Gasteiger partial charge is 1.00 e. The summed E-state index contributed by atoms with van der Waals surface area (Å²) in [5.74, 6) is -1.97. The number of nitrogens with two attached hydrogens (primary N) is 3. The van der Waals surface area contributed by atoms with Gasteiger partial charge in [-0.3, -0.25) is 4.55 Å². The number of rotatable bonds is 8. The molecular formula is C10H34N4Na4O19S6. The normalized spacial score (nSPS) is 8.88. The molecule has 0 saturated carbocycles. The maximum Gasteiger partial charge on any atom is 1.00 e. The van der Waals surface area contributed by atoms with Gasteiger partial charge in [0.2, 0.25) is 0 Å². The number of aliphatic hydroxyl groups is 2. The Morgan fingerprint density at radius 3 is 0.814 bits per heavy atom. The molecule has 33 heteroatoms. The third-order valence-corrected chi connectivity index (χ3v) is 4.36. The summed E-state index contributed by atoms with van der Waals surface area (Å²) >= 11 is -0.750. The van der Waals surface area contributed by atoms with Crippen LogP contribution in [-0.4, -0.2) is 139 Å². The Kier molecular flexibility index (Phi) is 102. The van der Waals surface area contributed by atoms with Gasteiger partial charge in [-0.1, -0.05) is 0 Å². The molecule has 0 aromatic heterocycles. The van der Waals surface area contributed by atoms with Crippen LogP contribution in [0.15, 0.2) is 0 Å². The van der Waals surface area contributed by atoms with Crippen molar-refractivity contribution in [3.8, 4) is 0 Å². The molecule has 0 fully saturated rings. The molecule has 0 aromatic carbocycles. The Labute approximate surface area is 346 Å². The van der Waals surface area contributed by atoms with E-state index in [9.17, 15) is 47.3 Å². The molecule has 0 heterocycles. The fourth-order valence-corrected chi connectivity index (χ4v) is 1.65. The van der Waals surface area contributed by atoms with Crippen LogP contribution in [0.25, 0.3) is 0 Å². The summed E-state index contributed by atoms with van der Waals surface area (Å²) in [6.45, 7) is 1.13. The van der Waals surface area contributed by atoms with Crippen LogP contribution in [0.4, 0.5) is 0 Å². The van der Waals surface area contributed by atoms with Gasteiger partial charge in [-0.15, -0.1) is 12.6 Å². The van der Waals surface area contributed by atoms with Gasteiger partial charge in [-0.25, -0.2) is 25.3 Å². The Balaban J connectivity index is -0.0000000231. The van der Waals surface area contributed by atoms with E-state index in [0.29, 0.717) is 0 Å². The summed E-state index contributed by atoms with van der Waals surface area (Å²) in [6.07, 6.45) is 0. The van der Waals surface area contributed by atoms with Crippen molar-refractivity contribution in [2.24, 2.45) is 17.2 Å². The van der Waals surface area contributed by atoms with Crippen LogP contribution in [0.3, 0.4) is 0 Å². The van der Waals surface area contributed by atoms with Gasteiger partial charge in [0.1, 0.15) is 0 Å². The van der Waals surface area contributed by atoms with Crippen LogP contribution in [0, 0.1) is 0 Å². The molecule has 43 heavy (non-hydrogen) atoms. The quantitative estimate of drug-likeness (QED) is 0.0885. The van der Waals surface area contributed by atoms with Gasteiger partial charge in [-0.05, 0) is 6.92 Å². The van der Waals surface area contributed by atoms with Gasteiger partial charge in [0.15, 0.2) is 0 Å². The Bertz CT molecular complexity index is 966. The molecule has 0 unspecified atom stereocenters. The maximum absolute atomic E-state index is 9.71. The summed E-state index contributed by atoms with van der Waals surface area (Å²) in [7, 11) is -19.2. The molecular weight excluding hydrogens is 764 g/mol.